The molecular weight excluding hydrogens is 600 g/mol. The van der Waals surface area contributed by atoms with Crippen molar-refractivity contribution in [3.8, 4) is 0 Å². The van der Waals surface area contributed by atoms with Crippen LogP contribution in [0, 0.1) is 5.41 Å². The van der Waals surface area contributed by atoms with E-state index in [0.29, 0.717) is 5.56 Å². The third-order valence-corrected chi connectivity index (χ3v) is 9.29. The molecule has 2 fully saturated rings. The van der Waals surface area contributed by atoms with Crippen LogP contribution in [0.4, 0.5) is 0 Å². The molecule has 11 nitrogen and oxygen atoms in total. The highest BCUT2D eigenvalue weighted by Crippen LogP contribution is 2.46. The van der Waals surface area contributed by atoms with Gasteiger partial charge in [0.25, 0.3) is 18.3 Å². The lowest BCUT2D eigenvalue weighted by molar-refractivity contribution is -0.220. The lowest BCUT2D eigenvalue weighted by atomic mass is 9.87. The van der Waals surface area contributed by atoms with E-state index in [1.807, 2.05) is 60.7 Å². The predicted molar refractivity (Wildman–Crippen MR) is 162 cm³/mol. The number of hydrogen-bond acceptors (Lipinski definition) is 10. The Kier molecular flexibility index (Phi) is 9.84. The summed E-state index contributed by atoms with van der Waals surface area (Å²) in [6, 6.07) is 25.9. The molecule has 2 aliphatic heterocycles. The SMILES string of the molecule is CON(C(=O)C(OC=O)c1ccccc1)C1C(=O)N2CC(COC(C)=O)(C(=O)OC(c3ccccc3)c3ccccc3)CS[C@H]12. The first-order valence-electron chi connectivity index (χ1n) is 14.2. The molecule has 3 unspecified atom stereocenters. The summed E-state index contributed by atoms with van der Waals surface area (Å²) in [6.07, 6.45) is -2.07. The maximum Gasteiger partial charge on any atom is 0.319 e. The molecule has 0 radical (unpaired) electrons. The molecule has 0 N–H and O–H groups in total. The van der Waals surface area contributed by atoms with E-state index in [2.05, 4.69) is 0 Å². The summed E-state index contributed by atoms with van der Waals surface area (Å²) in [4.78, 5) is 71.2. The first-order chi connectivity index (χ1) is 21.8. The molecule has 4 atom stereocenters. The van der Waals surface area contributed by atoms with Gasteiger partial charge in [-0.1, -0.05) is 91.0 Å². The standard InChI is InChI=1S/C33H32N2O9S/c1-22(37)42-19-33(32(40)44-27(23-12-6-3-7-13-23)24-14-8-4-9-15-24)18-34-29(38)26(31(34)45-20-33)35(41-2)30(39)28(43-21-36)25-16-10-5-11-17-25/h3-17,21,26-28,31H,18-20H2,1-2H3/t26?,28?,31-,33?/m1/s1. The Morgan fingerprint density at radius 2 is 1.51 bits per heavy atom. The number of hydroxylamine groups is 2. The minimum Gasteiger partial charge on any atom is -0.465 e. The van der Waals surface area contributed by atoms with Gasteiger partial charge in [-0.25, -0.2) is 5.06 Å². The number of carbonyl (C=O) groups is 5. The van der Waals surface area contributed by atoms with Gasteiger partial charge in [0.15, 0.2) is 12.1 Å². The van der Waals surface area contributed by atoms with Crippen molar-refractivity contribution in [2.75, 3.05) is 26.0 Å². The largest absolute Gasteiger partial charge is 0.465 e. The summed E-state index contributed by atoms with van der Waals surface area (Å²) in [7, 11) is 1.25. The van der Waals surface area contributed by atoms with E-state index in [1.165, 1.54) is 30.7 Å². The van der Waals surface area contributed by atoms with Crippen LogP contribution in [0.2, 0.25) is 0 Å². The minimum atomic E-state index is -1.38. The normalized spacial score (nSPS) is 21.1. The number of thioether (sulfide) groups is 1. The van der Waals surface area contributed by atoms with Crippen LogP contribution in [0.1, 0.15) is 35.8 Å². The van der Waals surface area contributed by atoms with Gasteiger partial charge >= 0.3 is 11.9 Å². The van der Waals surface area contributed by atoms with E-state index in [-0.39, 0.29) is 25.4 Å². The average molecular weight is 633 g/mol. The highest BCUT2D eigenvalue weighted by molar-refractivity contribution is 8.00. The van der Waals surface area contributed by atoms with Crippen molar-refractivity contribution in [2.24, 2.45) is 5.41 Å². The van der Waals surface area contributed by atoms with E-state index in [1.54, 1.807) is 30.3 Å². The topological polar surface area (TPSA) is 129 Å². The number of hydrogen-bond donors (Lipinski definition) is 0. The molecule has 234 valence electrons. The zero-order valence-electron chi connectivity index (χ0n) is 24.6. The van der Waals surface area contributed by atoms with Crippen LogP contribution in [0.25, 0.3) is 0 Å². The molecule has 0 aromatic heterocycles. The number of amides is 2. The average Bonchev–Trinajstić information content (AvgIpc) is 3.08. The predicted octanol–water partition coefficient (Wildman–Crippen LogP) is 3.46. The number of ether oxygens (including phenoxy) is 3. The Morgan fingerprint density at radius 1 is 0.956 bits per heavy atom. The van der Waals surface area contributed by atoms with E-state index in [4.69, 9.17) is 19.0 Å². The molecule has 3 aromatic carbocycles. The second-order valence-electron chi connectivity index (χ2n) is 10.6. The smallest absolute Gasteiger partial charge is 0.319 e. The first kappa shape index (κ1) is 31.7. The number of rotatable bonds is 12. The zero-order chi connectivity index (χ0) is 32.0. The number of nitrogens with zero attached hydrogens (tertiary/aromatic N) is 2. The minimum absolute atomic E-state index is 0.110. The van der Waals surface area contributed by atoms with E-state index >= 15 is 0 Å². The molecular formula is C33H32N2O9S. The van der Waals surface area contributed by atoms with Crippen LogP contribution in [0.3, 0.4) is 0 Å². The van der Waals surface area contributed by atoms with Crippen molar-refractivity contribution < 1.29 is 43.0 Å². The lowest BCUT2D eigenvalue weighted by Gasteiger charge is -2.55. The summed E-state index contributed by atoms with van der Waals surface area (Å²) in [5.41, 5.74) is 0.526. The number of fused-ring (bicyclic) bond motifs is 1. The van der Waals surface area contributed by atoms with Crippen molar-refractivity contribution in [2.45, 2.75) is 30.5 Å². The number of esters is 2. The number of benzene rings is 3. The van der Waals surface area contributed by atoms with Crippen LogP contribution in [0.15, 0.2) is 91.0 Å². The summed E-state index contributed by atoms with van der Waals surface area (Å²) in [6.45, 7) is 0.996. The fourth-order valence-electron chi connectivity index (χ4n) is 5.43. The third kappa shape index (κ3) is 6.57. The first-order valence-corrected chi connectivity index (χ1v) is 15.2. The second-order valence-corrected chi connectivity index (χ2v) is 11.8. The Labute approximate surface area is 264 Å². The fourth-order valence-corrected chi connectivity index (χ4v) is 6.98. The molecule has 0 saturated carbocycles. The molecule has 2 aliphatic rings. The molecule has 0 spiro atoms. The van der Waals surface area contributed by atoms with Crippen molar-refractivity contribution in [1.29, 1.82) is 0 Å². The van der Waals surface area contributed by atoms with E-state index in [0.717, 1.165) is 16.2 Å². The van der Waals surface area contributed by atoms with Crippen LogP contribution in [-0.4, -0.2) is 77.6 Å². The highest BCUT2D eigenvalue weighted by Gasteiger charge is 2.61. The molecule has 12 heteroatoms. The van der Waals surface area contributed by atoms with Crippen LogP contribution >= 0.6 is 11.8 Å². The summed E-state index contributed by atoms with van der Waals surface area (Å²) >= 11 is 1.24. The Morgan fingerprint density at radius 3 is 2.02 bits per heavy atom. The molecule has 3 aromatic rings. The van der Waals surface area contributed by atoms with Gasteiger partial charge in [-0.15, -0.1) is 11.8 Å². The lowest BCUT2D eigenvalue weighted by Crippen LogP contribution is -2.74. The van der Waals surface area contributed by atoms with Gasteiger partial charge in [0.2, 0.25) is 6.10 Å². The highest BCUT2D eigenvalue weighted by atomic mass is 32.2. The van der Waals surface area contributed by atoms with E-state index in [9.17, 15) is 24.0 Å². The van der Waals surface area contributed by atoms with Crippen LogP contribution < -0.4 is 0 Å². The Hall–Kier alpha value is -4.68. The van der Waals surface area contributed by atoms with Gasteiger partial charge in [-0.2, -0.15) is 0 Å². The van der Waals surface area contributed by atoms with Crippen LogP contribution in [-0.2, 0) is 43.0 Å². The van der Waals surface area contributed by atoms with Crippen LogP contribution in [0.5, 0.6) is 0 Å². The van der Waals surface area contributed by atoms with E-state index < -0.39 is 52.8 Å². The molecule has 5 rings (SSSR count). The van der Waals surface area contributed by atoms with Gasteiger partial charge in [0.05, 0.1) is 7.11 Å². The zero-order valence-corrected chi connectivity index (χ0v) is 25.5. The molecule has 45 heavy (non-hydrogen) atoms. The Balaban J connectivity index is 1.38. The number of β-lactam (4-membered cyclic amide) rings is 1. The summed E-state index contributed by atoms with van der Waals surface area (Å²) < 4.78 is 16.6. The maximum atomic E-state index is 14.1. The van der Waals surface area contributed by atoms with Gasteiger partial charge in [0, 0.05) is 24.8 Å². The van der Waals surface area contributed by atoms with Gasteiger partial charge < -0.3 is 19.1 Å². The van der Waals surface area contributed by atoms with Gasteiger partial charge in [0.1, 0.15) is 17.4 Å². The number of carbonyl (C=O) groups excluding carboxylic acids is 5. The molecule has 2 saturated heterocycles. The molecule has 2 heterocycles. The van der Waals surface area contributed by atoms with Crippen molar-refractivity contribution in [3.63, 3.8) is 0 Å². The third-order valence-electron chi connectivity index (χ3n) is 7.72. The Bertz CT molecular complexity index is 1490. The quantitative estimate of drug-likeness (QED) is 0.0963. The maximum absolute atomic E-state index is 14.1. The second kappa shape index (κ2) is 14.0. The van der Waals surface area contributed by atoms with Gasteiger partial charge in [-0.3, -0.25) is 28.8 Å². The summed E-state index contributed by atoms with van der Waals surface area (Å²) in [5, 5.41) is 0.335. The van der Waals surface area contributed by atoms with Crippen molar-refractivity contribution in [1.82, 2.24) is 9.96 Å². The monoisotopic (exact) mass is 632 g/mol. The van der Waals surface area contributed by atoms with Crippen molar-refractivity contribution >= 4 is 42.0 Å². The van der Waals surface area contributed by atoms with Crippen molar-refractivity contribution in [3.05, 3.63) is 108 Å². The summed E-state index contributed by atoms with van der Waals surface area (Å²) in [5.74, 6) is -2.31. The molecule has 0 bridgehead atoms. The molecule has 2 amide bonds. The molecule has 0 aliphatic carbocycles. The fraction of sp³-hybridized carbons (Fsp3) is 0.303. The van der Waals surface area contributed by atoms with Gasteiger partial charge in [-0.05, 0) is 11.1 Å².